The minimum atomic E-state index is -0.472. The van der Waals surface area contributed by atoms with Gasteiger partial charge in [-0.05, 0) is 31.0 Å². The summed E-state index contributed by atoms with van der Waals surface area (Å²) in [5.74, 6) is 1.22. The number of fused-ring (bicyclic) bond motifs is 3. The molecule has 0 radical (unpaired) electrons. The van der Waals surface area contributed by atoms with Gasteiger partial charge in [0.15, 0.2) is 5.82 Å². The molecule has 0 unspecified atom stereocenters. The molecule has 0 aliphatic carbocycles. The highest BCUT2D eigenvalue weighted by Crippen LogP contribution is 2.28. The molecule has 1 aliphatic heterocycles. The van der Waals surface area contributed by atoms with E-state index in [9.17, 15) is 4.79 Å². The largest absolute Gasteiger partial charge is 0.491 e. The van der Waals surface area contributed by atoms with E-state index < -0.39 is 6.03 Å². The lowest BCUT2D eigenvalue weighted by atomic mass is 10.3. The maximum absolute atomic E-state index is 12.1. The first-order valence-electron chi connectivity index (χ1n) is 7.16. The molecule has 0 fully saturated rings. The molecule has 1 aromatic carbocycles. The van der Waals surface area contributed by atoms with Gasteiger partial charge >= 0.3 is 6.03 Å². The number of rotatable bonds is 0. The molecule has 0 atom stereocenters. The van der Waals surface area contributed by atoms with Crippen LogP contribution in [0.3, 0.4) is 0 Å². The zero-order valence-corrected chi connectivity index (χ0v) is 13.0. The number of aromatic nitrogens is 2. The number of amides is 2. The number of anilines is 2. The molecule has 2 N–H and O–H groups in total. The monoisotopic (exact) mass is 334 g/mol. The Balaban J connectivity index is 1.85. The molecule has 7 nitrogen and oxygen atoms in total. The molecule has 2 bridgehead atoms. The van der Waals surface area contributed by atoms with Gasteiger partial charge in [-0.15, -0.1) is 0 Å². The number of carbonyl (C=O) groups excluding carboxylic acids is 1. The summed E-state index contributed by atoms with van der Waals surface area (Å²) in [7, 11) is 0. The highest BCUT2D eigenvalue weighted by Gasteiger charge is 2.11. The average Bonchev–Trinajstić information content (AvgIpc) is 2.52. The lowest BCUT2D eigenvalue weighted by Gasteiger charge is -2.14. The van der Waals surface area contributed by atoms with E-state index in [4.69, 9.17) is 21.1 Å². The van der Waals surface area contributed by atoms with Gasteiger partial charge in [0.2, 0.25) is 5.88 Å². The van der Waals surface area contributed by atoms with Crippen molar-refractivity contribution in [2.24, 2.45) is 0 Å². The van der Waals surface area contributed by atoms with Gasteiger partial charge in [0, 0.05) is 5.02 Å². The number of hydrogen-bond donors (Lipinski definition) is 2. The number of carbonyl (C=O) groups is 1. The quantitative estimate of drug-likeness (QED) is 0.772. The van der Waals surface area contributed by atoms with Crippen molar-refractivity contribution in [3.8, 4) is 11.6 Å². The Labute approximate surface area is 138 Å². The van der Waals surface area contributed by atoms with Crippen molar-refractivity contribution in [1.82, 2.24) is 9.97 Å². The van der Waals surface area contributed by atoms with Gasteiger partial charge in [-0.25, -0.2) is 4.79 Å². The maximum atomic E-state index is 12.1. The van der Waals surface area contributed by atoms with E-state index in [2.05, 4.69) is 20.6 Å². The molecule has 3 rings (SSSR count). The van der Waals surface area contributed by atoms with Crippen LogP contribution in [0.2, 0.25) is 5.02 Å². The molecular weight excluding hydrogens is 320 g/mol. The Bertz CT molecular complexity index is 711. The van der Waals surface area contributed by atoms with Crippen LogP contribution < -0.4 is 20.1 Å². The second-order valence-corrected chi connectivity index (χ2v) is 5.30. The molecule has 0 saturated heterocycles. The van der Waals surface area contributed by atoms with Crippen molar-refractivity contribution in [3.63, 3.8) is 0 Å². The fourth-order valence-corrected chi connectivity index (χ4v) is 2.21. The highest BCUT2D eigenvalue weighted by atomic mass is 35.5. The number of nitrogens with one attached hydrogen (secondary N) is 2. The van der Waals surface area contributed by atoms with Gasteiger partial charge < -0.3 is 14.8 Å². The van der Waals surface area contributed by atoms with Crippen molar-refractivity contribution in [3.05, 3.63) is 35.6 Å². The summed E-state index contributed by atoms with van der Waals surface area (Å²) < 4.78 is 11.2. The number of hydrogen-bond acceptors (Lipinski definition) is 5. The Hall–Kier alpha value is -2.54. The summed E-state index contributed by atoms with van der Waals surface area (Å²) in [5.41, 5.74) is 0.493. The number of nitrogens with zero attached hydrogens (tertiary/aromatic N) is 2. The van der Waals surface area contributed by atoms with Crippen LogP contribution in [0.15, 0.2) is 30.6 Å². The van der Waals surface area contributed by atoms with Gasteiger partial charge in [-0.2, -0.15) is 4.98 Å². The summed E-state index contributed by atoms with van der Waals surface area (Å²) >= 11 is 5.99. The van der Waals surface area contributed by atoms with E-state index in [0.29, 0.717) is 41.4 Å². The van der Waals surface area contributed by atoms with E-state index in [1.54, 1.807) is 18.2 Å². The van der Waals surface area contributed by atoms with E-state index >= 15 is 0 Å². The van der Waals surface area contributed by atoms with Crippen LogP contribution in [-0.4, -0.2) is 29.2 Å². The minimum Gasteiger partial charge on any atom is -0.491 e. The summed E-state index contributed by atoms with van der Waals surface area (Å²) in [6, 6.07) is 4.59. The Morgan fingerprint density at radius 2 is 1.91 bits per heavy atom. The Morgan fingerprint density at radius 1 is 1.09 bits per heavy atom. The molecule has 0 saturated carbocycles. The van der Waals surface area contributed by atoms with Crippen molar-refractivity contribution in [1.29, 1.82) is 0 Å². The molecule has 23 heavy (non-hydrogen) atoms. The molecule has 0 spiro atoms. The normalized spacial score (nSPS) is 15.1. The third kappa shape index (κ3) is 4.23. The van der Waals surface area contributed by atoms with Crippen LogP contribution in [0.4, 0.5) is 16.3 Å². The Kier molecular flexibility index (Phi) is 4.77. The van der Waals surface area contributed by atoms with Crippen molar-refractivity contribution < 1.29 is 14.3 Å². The van der Waals surface area contributed by atoms with Crippen LogP contribution in [0.1, 0.15) is 12.8 Å². The SMILES string of the molecule is O=C1Nc2cncc(n2)OCCCCOc2ccc(Cl)cc2N1. The van der Waals surface area contributed by atoms with Crippen molar-refractivity contribution >= 4 is 29.1 Å². The second kappa shape index (κ2) is 7.15. The summed E-state index contributed by atoms with van der Waals surface area (Å²) in [6.45, 7) is 1.01. The average molecular weight is 335 g/mol. The fourth-order valence-electron chi connectivity index (χ4n) is 2.04. The molecule has 8 heteroatoms. The zero-order valence-electron chi connectivity index (χ0n) is 12.2. The summed E-state index contributed by atoms with van der Waals surface area (Å²) in [5, 5.41) is 5.79. The standard InChI is InChI=1S/C15H15ClN4O3/c16-10-3-4-12-11(7-10)18-15(21)20-13-8-17-9-14(19-13)23-6-2-1-5-22-12/h3-4,7-9H,1-2,5-6H2,(H2,18,19,20,21). The van der Waals surface area contributed by atoms with Crippen LogP contribution >= 0.6 is 11.6 Å². The molecule has 1 aliphatic rings. The first-order valence-corrected chi connectivity index (χ1v) is 7.54. The van der Waals surface area contributed by atoms with Crippen molar-refractivity contribution in [2.75, 3.05) is 23.8 Å². The number of urea groups is 1. The topological polar surface area (TPSA) is 85.4 Å². The van der Waals surface area contributed by atoms with Gasteiger partial charge in [0.25, 0.3) is 0 Å². The van der Waals surface area contributed by atoms with E-state index in [1.807, 2.05) is 0 Å². The summed E-state index contributed by atoms with van der Waals surface area (Å²) in [6.07, 6.45) is 4.56. The van der Waals surface area contributed by atoms with Crippen molar-refractivity contribution in [2.45, 2.75) is 12.8 Å². The molecule has 2 amide bonds. The first-order chi connectivity index (χ1) is 11.2. The molecule has 1 aromatic heterocycles. The third-order valence-corrected chi connectivity index (χ3v) is 3.33. The molecule has 2 heterocycles. The van der Waals surface area contributed by atoms with E-state index in [1.165, 1.54) is 12.4 Å². The maximum Gasteiger partial charge on any atom is 0.325 e. The Morgan fingerprint density at radius 3 is 2.78 bits per heavy atom. The highest BCUT2D eigenvalue weighted by molar-refractivity contribution is 6.31. The fraction of sp³-hybridized carbons (Fsp3) is 0.267. The van der Waals surface area contributed by atoms with E-state index in [0.717, 1.165) is 12.8 Å². The van der Waals surface area contributed by atoms with Gasteiger partial charge in [-0.1, -0.05) is 11.6 Å². The van der Waals surface area contributed by atoms with Crippen LogP contribution in [0.25, 0.3) is 0 Å². The lowest BCUT2D eigenvalue weighted by Crippen LogP contribution is -2.21. The third-order valence-electron chi connectivity index (χ3n) is 3.09. The first kappa shape index (κ1) is 15.4. The van der Waals surface area contributed by atoms with Gasteiger partial charge in [0.05, 0.1) is 31.3 Å². The number of ether oxygens (including phenoxy) is 2. The van der Waals surface area contributed by atoms with Gasteiger partial charge in [0.1, 0.15) is 5.75 Å². The molecule has 2 aromatic rings. The minimum absolute atomic E-state index is 0.293. The molecule has 120 valence electrons. The number of benzene rings is 1. The number of halogens is 1. The molecular formula is C15H15ClN4O3. The van der Waals surface area contributed by atoms with Crippen LogP contribution in [0.5, 0.6) is 11.6 Å². The van der Waals surface area contributed by atoms with Crippen LogP contribution in [-0.2, 0) is 0 Å². The zero-order chi connectivity index (χ0) is 16.1. The lowest BCUT2D eigenvalue weighted by molar-refractivity contribution is 0.257. The van der Waals surface area contributed by atoms with Crippen LogP contribution in [0, 0.1) is 0 Å². The summed E-state index contributed by atoms with van der Waals surface area (Å²) in [4.78, 5) is 20.3. The smallest absolute Gasteiger partial charge is 0.325 e. The predicted octanol–water partition coefficient (Wildman–Crippen LogP) is 3.33. The predicted molar refractivity (Wildman–Crippen MR) is 86.3 cm³/mol. The van der Waals surface area contributed by atoms with Gasteiger partial charge in [-0.3, -0.25) is 10.3 Å². The van der Waals surface area contributed by atoms with E-state index in [-0.39, 0.29) is 0 Å². The second-order valence-electron chi connectivity index (χ2n) is 4.87.